The SMILES string of the molecule is Cc1ocnc1Cn1cc(CBr)nn1. The third kappa shape index (κ3) is 1.84. The molecule has 0 aliphatic rings. The maximum atomic E-state index is 5.09. The number of rotatable bonds is 3. The van der Waals surface area contributed by atoms with Crippen molar-refractivity contribution in [3.8, 4) is 0 Å². The molecular formula is C8H9BrN4O. The van der Waals surface area contributed by atoms with Gasteiger partial charge < -0.3 is 4.42 Å². The van der Waals surface area contributed by atoms with Crippen LogP contribution in [-0.2, 0) is 11.9 Å². The molecule has 0 aromatic carbocycles. The summed E-state index contributed by atoms with van der Waals surface area (Å²) in [5, 5.41) is 8.62. The molecule has 0 amide bonds. The summed E-state index contributed by atoms with van der Waals surface area (Å²) in [6, 6.07) is 0. The van der Waals surface area contributed by atoms with E-state index >= 15 is 0 Å². The molecule has 0 fully saturated rings. The molecule has 2 aromatic heterocycles. The van der Waals surface area contributed by atoms with Gasteiger partial charge in [0, 0.05) is 11.5 Å². The maximum absolute atomic E-state index is 5.09. The molecule has 0 saturated carbocycles. The first-order valence-corrected chi connectivity index (χ1v) is 5.25. The van der Waals surface area contributed by atoms with Crippen molar-refractivity contribution < 1.29 is 4.42 Å². The summed E-state index contributed by atoms with van der Waals surface area (Å²) in [4.78, 5) is 4.08. The number of nitrogens with zero attached hydrogens (tertiary/aromatic N) is 4. The first-order valence-electron chi connectivity index (χ1n) is 4.13. The quantitative estimate of drug-likeness (QED) is 0.782. The van der Waals surface area contributed by atoms with Crippen LogP contribution in [0.25, 0.3) is 0 Å². The van der Waals surface area contributed by atoms with Gasteiger partial charge in [0.05, 0.1) is 12.2 Å². The first-order chi connectivity index (χ1) is 6.79. The van der Waals surface area contributed by atoms with Crippen molar-refractivity contribution in [1.82, 2.24) is 20.0 Å². The highest BCUT2D eigenvalue weighted by Crippen LogP contribution is 2.07. The predicted molar refractivity (Wildman–Crippen MR) is 53.0 cm³/mol. The van der Waals surface area contributed by atoms with E-state index in [-0.39, 0.29) is 0 Å². The molecule has 0 bridgehead atoms. The highest BCUT2D eigenvalue weighted by Gasteiger charge is 2.05. The predicted octanol–water partition coefficient (Wildman–Crippen LogP) is 1.52. The summed E-state index contributed by atoms with van der Waals surface area (Å²) in [5.41, 5.74) is 1.79. The summed E-state index contributed by atoms with van der Waals surface area (Å²) in [7, 11) is 0. The Labute approximate surface area is 89.3 Å². The average Bonchev–Trinajstić information content (AvgIpc) is 2.77. The Balaban J connectivity index is 2.15. The van der Waals surface area contributed by atoms with Crippen molar-refractivity contribution >= 4 is 15.9 Å². The van der Waals surface area contributed by atoms with Gasteiger partial charge in [-0.15, -0.1) is 5.10 Å². The van der Waals surface area contributed by atoms with Crippen LogP contribution in [0.3, 0.4) is 0 Å². The number of halogens is 1. The fraction of sp³-hybridized carbons (Fsp3) is 0.375. The second-order valence-electron chi connectivity index (χ2n) is 2.90. The smallest absolute Gasteiger partial charge is 0.181 e. The molecule has 6 heteroatoms. The van der Waals surface area contributed by atoms with Gasteiger partial charge in [-0.3, -0.25) is 0 Å². The molecule has 2 rings (SSSR count). The van der Waals surface area contributed by atoms with E-state index in [0.717, 1.165) is 17.1 Å². The van der Waals surface area contributed by atoms with Gasteiger partial charge in [-0.05, 0) is 6.92 Å². The number of hydrogen-bond acceptors (Lipinski definition) is 4. The van der Waals surface area contributed by atoms with Crippen LogP contribution in [-0.4, -0.2) is 20.0 Å². The van der Waals surface area contributed by atoms with Crippen LogP contribution >= 0.6 is 15.9 Å². The molecule has 5 nitrogen and oxygen atoms in total. The minimum Gasteiger partial charge on any atom is -0.448 e. The summed E-state index contributed by atoms with van der Waals surface area (Å²) >= 11 is 3.31. The second kappa shape index (κ2) is 3.91. The van der Waals surface area contributed by atoms with Gasteiger partial charge in [-0.2, -0.15) is 0 Å². The Hall–Kier alpha value is -1.17. The minimum atomic E-state index is 0.600. The van der Waals surface area contributed by atoms with Crippen LogP contribution in [0.1, 0.15) is 17.1 Å². The van der Waals surface area contributed by atoms with E-state index in [9.17, 15) is 0 Å². The Morgan fingerprint density at radius 2 is 2.43 bits per heavy atom. The molecule has 0 unspecified atom stereocenters. The average molecular weight is 257 g/mol. The summed E-state index contributed by atoms with van der Waals surface area (Å²) in [6.45, 7) is 2.48. The lowest BCUT2D eigenvalue weighted by atomic mass is 10.4. The van der Waals surface area contributed by atoms with Crippen LogP contribution in [0, 0.1) is 6.92 Å². The van der Waals surface area contributed by atoms with Gasteiger partial charge in [0.1, 0.15) is 11.5 Å². The van der Waals surface area contributed by atoms with E-state index in [2.05, 4.69) is 31.2 Å². The van der Waals surface area contributed by atoms with Crippen LogP contribution < -0.4 is 0 Å². The lowest BCUT2D eigenvalue weighted by molar-refractivity contribution is 0.521. The van der Waals surface area contributed by atoms with Crippen LogP contribution in [0.4, 0.5) is 0 Å². The molecule has 0 atom stereocenters. The Morgan fingerprint density at radius 1 is 1.57 bits per heavy atom. The molecule has 14 heavy (non-hydrogen) atoms. The zero-order valence-electron chi connectivity index (χ0n) is 7.64. The fourth-order valence-corrected chi connectivity index (χ4v) is 1.37. The largest absolute Gasteiger partial charge is 0.448 e. The van der Waals surface area contributed by atoms with Crippen LogP contribution in [0.5, 0.6) is 0 Å². The first kappa shape index (κ1) is 9.39. The molecule has 0 N–H and O–H groups in total. The van der Waals surface area contributed by atoms with Crippen molar-refractivity contribution in [2.45, 2.75) is 18.8 Å². The van der Waals surface area contributed by atoms with Crippen molar-refractivity contribution in [2.24, 2.45) is 0 Å². The Morgan fingerprint density at radius 3 is 3.00 bits per heavy atom. The summed E-state index contributed by atoms with van der Waals surface area (Å²) in [6.07, 6.45) is 3.32. The van der Waals surface area contributed by atoms with E-state index in [1.165, 1.54) is 6.39 Å². The van der Waals surface area contributed by atoms with Crippen LogP contribution in [0.15, 0.2) is 17.0 Å². The maximum Gasteiger partial charge on any atom is 0.181 e. The highest BCUT2D eigenvalue weighted by atomic mass is 79.9. The van der Waals surface area contributed by atoms with E-state index in [0.29, 0.717) is 11.9 Å². The topological polar surface area (TPSA) is 56.7 Å². The minimum absolute atomic E-state index is 0.600. The number of oxazole rings is 1. The Kier molecular flexibility index (Phi) is 2.62. The fourth-order valence-electron chi connectivity index (χ4n) is 1.11. The van der Waals surface area contributed by atoms with E-state index in [1.54, 1.807) is 4.68 Å². The van der Waals surface area contributed by atoms with E-state index < -0.39 is 0 Å². The number of aryl methyl sites for hydroxylation is 1. The monoisotopic (exact) mass is 256 g/mol. The van der Waals surface area contributed by atoms with Gasteiger partial charge in [-0.25, -0.2) is 9.67 Å². The molecule has 0 aliphatic carbocycles. The van der Waals surface area contributed by atoms with Crippen molar-refractivity contribution in [2.75, 3.05) is 0 Å². The molecule has 2 aromatic rings. The highest BCUT2D eigenvalue weighted by molar-refractivity contribution is 9.08. The van der Waals surface area contributed by atoms with Gasteiger partial charge in [0.25, 0.3) is 0 Å². The molecule has 0 spiro atoms. The van der Waals surface area contributed by atoms with Gasteiger partial charge >= 0.3 is 0 Å². The molecule has 74 valence electrons. The number of aromatic nitrogens is 4. The summed E-state index contributed by atoms with van der Waals surface area (Å²) in [5.74, 6) is 0.820. The standard InChI is InChI=1S/C8H9BrN4O/c1-6-8(10-5-14-6)4-13-3-7(2-9)11-12-13/h3,5H,2,4H2,1H3. The Bertz CT molecular complexity index is 422. The normalized spacial score (nSPS) is 10.7. The zero-order valence-corrected chi connectivity index (χ0v) is 9.23. The van der Waals surface area contributed by atoms with E-state index in [1.807, 2.05) is 13.1 Å². The van der Waals surface area contributed by atoms with Gasteiger partial charge in [-0.1, -0.05) is 21.1 Å². The zero-order chi connectivity index (χ0) is 9.97. The van der Waals surface area contributed by atoms with Gasteiger partial charge in [0.2, 0.25) is 0 Å². The van der Waals surface area contributed by atoms with Crippen molar-refractivity contribution in [3.63, 3.8) is 0 Å². The third-order valence-electron chi connectivity index (χ3n) is 1.88. The molecule has 0 saturated heterocycles. The van der Waals surface area contributed by atoms with Crippen LogP contribution in [0.2, 0.25) is 0 Å². The van der Waals surface area contributed by atoms with Gasteiger partial charge in [0.15, 0.2) is 6.39 Å². The number of alkyl halides is 1. The van der Waals surface area contributed by atoms with Crippen molar-refractivity contribution in [1.29, 1.82) is 0 Å². The molecule has 2 heterocycles. The lowest BCUT2D eigenvalue weighted by Gasteiger charge is -1.95. The molecular weight excluding hydrogens is 248 g/mol. The third-order valence-corrected chi connectivity index (χ3v) is 2.45. The second-order valence-corrected chi connectivity index (χ2v) is 3.46. The van der Waals surface area contributed by atoms with E-state index in [4.69, 9.17) is 4.42 Å². The lowest BCUT2D eigenvalue weighted by Crippen LogP contribution is -2.01. The molecule has 0 radical (unpaired) electrons. The number of hydrogen-bond donors (Lipinski definition) is 0. The van der Waals surface area contributed by atoms with Crippen molar-refractivity contribution in [3.05, 3.63) is 29.7 Å². The summed E-state index contributed by atoms with van der Waals surface area (Å²) < 4.78 is 6.83. The molecule has 0 aliphatic heterocycles.